The van der Waals surface area contributed by atoms with Gasteiger partial charge in [0.15, 0.2) is 0 Å². The van der Waals surface area contributed by atoms with Gasteiger partial charge in [-0.3, -0.25) is 0 Å². The standard InChI is InChI=1S/C23H34FNO/c24-20-6-4-17(5-7-20)10-13-25-14-11-18(12-15-25)22-3-1-2-19-16-21(26)8-9-23(19)22/h4-7,18-19,21-23,26H,1-3,8-16H2. The van der Waals surface area contributed by atoms with Crippen molar-refractivity contribution < 1.29 is 9.50 Å². The molecule has 1 heterocycles. The fourth-order valence-electron chi connectivity index (χ4n) is 6.12. The Morgan fingerprint density at radius 2 is 1.62 bits per heavy atom. The van der Waals surface area contributed by atoms with Gasteiger partial charge in [0.2, 0.25) is 0 Å². The van der Waals surface area contributed by atoms with Crippen LogP contribution < -0.4 is 0 Å². The zero-order chi connectivity index (χ0) is 17.9. The Bertz CT molecular complexity index is 566. The highest BCUT2D eigenvalue weighted by Gasteiger charge is 2.41. The van der Waals surface area contributed by atoms with Gasteiger partial charge in [0.25, 0.3) is 0 Å². The molecule has 3 aliphatic rings. The molecule has 144 valence electrons. The molecule has 4 rings (SSSR count). The fraction of sp³-hybridized carbons (Fsp3) is 0.739. The van der Waals surface area contributed by atoms with E-state index >= 15 is 0 Å². The molecule has 1 aliphatic heterocycles. The van der Waals surface area contributed by atoms with Gasteiger partial charge >= 0.3 is 0 Å². The molecule has 1 aromatic carbocycles. The van der Waals surface area contributed by atoms with E-state index in [0.29, 0.717) is 0 Å². The number of nitrogens with zero attached hydrogens (tertiary/aromatic N) is 1. The Hall–Kier alpha value is -0.930. The number of hydrogen-bond donors (Lipinski definition) is 1. The number of halogens is 1. The van der Waals surface area contributed by atoms with Gasteiger partial charge in [-0.05, 0) is 99.4 Å². The van der Waals surface area contributed by atoms with Crippen LogP contribution in [0.15, 0.2) is 24.3 Å². The molecule has 1 N–H and O–H groups in total. The number of likely N-dealkylation sites (tertiary alicyclic amines) is 1. The number of hydrogen-bond acceptors (Lipinski definition) is 2. The summed E-state index contributed by atoms with van der Waals surface area (Å²) in [4.78, 5) is 2.60. The number of aliphatic hydroxyl groups is 1. The van der Waals surface area contributed by atoms with Crippen molar-refractivity contribution in [3.05, 3.63) is 35.6 Å². The van der Waals surface area contributed by atoms with Gasteiger partial charge in [0.1, 0.15) is 5.82 Å². The summed E-state index contributed by atoms with van der Waals surface area (Å²) in [5, 5.41) is 10.0. The maximum absolute atomic E-state index is 13.0. The van der Waals surface area contributed by atoms with E-state index < -0.39 is 0 Å². The largest absolute Gasteiger partial charge is 0.393 e. The molecular formula is C23H34FNO. The van der Waals surface area contributed by atoms with Crippen molar-refractivity contribution in [1.29, 1.82) is 0 Å². The lowest BCUT2D eigenvalue weighted by Gasteiger charge is -2.47. The fourth-order valence-corrected chi connectivity index (χ4v) is 6.12. The van der Waals surface area contributed by atoms with Gasteiger partial charge in [0, 0.05) is 6.54 Å². The third-order valence-electron chi connectivity index (χ3n) is 7.54. The molecule has 0 aromatic heterocycles. The lowest BCUT2D eigenvalue weighted by molar-refractivity contribution is -0.00852. The average Bonchev–Trinajstić information content (AvgIpc) is 2.67. The molecule has 1 saturated heterocycles. The van der Waals surface area contributed by atoms with Crippen molar-refractivity contribution in [1.82, 2.24) is 4.90 Å². The molecule has 4 atom stereocenters. The van der Waals surface area contributed by atoms with Gasteiger partial charge in [-0.25, -0.2) is 4.39 Å². The summed E-state index contributed by atoms with van der Waals surface area (Å²) < 4.78 is 13.0. The van der Waals surface area contributed by atoms with E-state index in [4.69, 9.17) is 0 Å². The summed E-state index contributed by atoms with van der Waals surface area (Å²) in [6.45, 7) is 3.55. The maximum atomic E-state index is 13.0. The Balaban J connectivity index is 1.26. The third-order valence-corrected chi connectivity index (χ3v) is 7.54. The van der Waals surface area contributed by atoms with Gasteiger partial charge in [-0.2, -0.15) is 0 Å². The van der Waals surface area contributed by atoms with Crippen LogP contribution in [0.1, 0.15) is 56.9 Å². The van der Waals surface area contributed by atoms with Crippen molar-refractivity contribution in [2.75, 3.05) is 19.6 Å². The molecule has 0 spiro atoms. The van der Waals surface area contributed by atoms with Crippen molar-refractivity contribution in [2.45, 2.75) is 63.9 Å². The Morgan fingerprint density at radius 1 is 0.885 bits per heavy atom. The Kier molecular flexibility index (Phi) is 5.95. The smallest absolute Gasteiger partial charge is 0.123 e. The molecule has 26 heavy (non-hydrogen) atoms. The highest BCUT2D eigenvalue weighted by Crippen LogP contribution is 2.48. The van der Waals surface area contributed by atoms with Crippen LogP contribution >= 0.6 is 0 Å². The highest BCUT2D eigenvalue weighted by atomic mass is 19.1. The van der Waals surface area contributed by atoms with Crippen LogP contribution in [0.25, 0.3) is 0 Å². The predicted octanol–water partition coefficient (Wildman–Crippen LogP) is 4.66. The van der Waals surface area contributed by atoms with Crippen LogP contribution in [-0.2, 0) is 6.42 Å². The van der Waals surface area contributed by atoms with E-state index in [1.165, 1.54) is 57.2 Å². The number of fused-ring (bicyclic) bond motifs is 1. The van der Waals surface area contributed by atoms with Crippen LogP contribution in [0.5, 0.6) is 0 Å². The molecule has 3 heteroatoms. The molecule has 2 aliphatic carbocycles. The van der Waals surface area contributed by atoms with E-state index in [0.717, 1.165) is 49.5 Å². The molecule has 2 nitrogen and oxygen atoms in total. The lowest BCUT2D eigenvalue weighted by atomic mass is 9.60. The average molecular weight is 360 g/mol. The van der Waals surface area contributed by atoms with E-state index in [1.807, 2.05) is 12.1 Å². The summed E-state index contributed by atoms with van der Waals surface area (Å²) in [6.07, 6.45) is 11.2. The summed E-state index contributed by atoms with van der Waals surface area (Å²) in [7, 11) is 0. The normalized spacial score (nSPS) is 33.8. The molecule has 4 unspecified atom stereocenters. The quantitative estimate of drug-likeness (QED) is 0.845. The lowest BCUT2D eigenvalue weighted by Crippen LogP contribution is -2.43. The SMILES string of the molecule is OC1CCC2C(CCCC2C2CCN(CCc3ccc(F)cc3)CC2)C1. The summed E-state index contributed by atoms with van der Waals surface area (Å²) in [5.74, 6) is 3.37. The third kappa shape index (κ3) is 4.31. The first-order valence-corrected chi connectivity index (χ1v) is 10.8. The summed E-state index contributed by atoms with van der Waals surface area (Å²) >= 11 is 0. The van der Waals surface area contributed by atoms with Crippen molar-refractivity contribution in [3.8, 4) is 0 Å². The second-order valence-electron chi connectivity index (χ2n) is 9.04. The second-order valence-corrected chi connectivity index (χ2v) is 9.04. The monoisotopic (exact) mass is 359 g/mol. The molecule has 0 radical (unpaired) electrons. The molecular weight excluding hydrogens is 325 g/mol. The van der Waals surface area contributed by atoms with Crippen LogP contribution in [0, 0.1) is 29.5 Å². The minimum Gasteiger partial charge on any atom is -0.393 e. The molecule has 0 bridgehead atoms. The first kappa shape index (κ1) is 18.4. The minimum absolute atomic E-state index is 0.0247. The van der Waals surface area contributed by atoms with Crippen molar-refractivity contribution in [2.24, 2.45) is 23.7 Å². The molecule has 0 amide bonds. The van der Waals surface area contributed by atoms with Crippen molar-refractivity contribution in [3.63, 3.8) is 0 Å². The van der Waals surface area contributed by atoms with Crippen LogP contribution in [-0.4, -0.2) is 35.7 Å². The van der Waals surface area contributed by atoms with Crippen molar-refractivity contribution >= 4 is 0 Å². The number of aliphatic hydroxyl groups excluding tert-OH is 1. The number of piperidine rings is 1. The van der Waals surface area contributed by atoms with E-state index in [-0.39, 0.29) is 11.9 Å². The molecule has 3 fully saturated rings. The van der Waals surface area contributed by atoms with Crippen LogP contribution in [0.2, 0.25) is 0 Å². The zero-order valence-electron chi connectivity index (χ0n) is 16.0. The van der Waals surface area contributed by atoms with E-state index in [9.17, 15) is 9.50 Å². The maximum Gasteiger partial charge on any atom is 0.123 e. The number of benzene rings is 1. The van der Waals surface area contributed by atoms with Gasteiger partial charge in [0.05, 0.1) is 6.10 Å². The predicted molar refractivity (Wildman–Crippen MR) is 103 cm³/mol. The molecule has 1 aromatic rings. The Morgan fingerprint density at radius 3 is 2.38 bits per heavy atom. The van der Waals surface area contributed by atoms with Crippen LogP contribution in [0.4, 0.5) is 4.39 Å². The number of rotatable bonds is 4. The second kappa shape index (κ2) is 8.39. The minimum atomic E-state index is -0.143. The van der Waals surface area contributed by atoms with Gasteiger partial charge in [-0.1, -0.05) is 25.0 Å². The van der Waals surface area contributed by atoms with Gasteiger partial charge in [-0.15, -0.1) is 0 Å². The summed E-state index contributed by atoms with van der Waals surface area (Å²) in [6, 6.07) is 6.98. The first-order chi connectivity index (χ1) is 12.7. The van der Waals surface area contributed by atoms with E-state index in [1.54, 1.807) is 12.1 Å². The molecule has 2 saturated carbocycles. The zero-order valence-corrected chi connectivity index (χ0v) is 16.0. The van der Waals surface area contributed by atoms with Crippen LogP contribution in [0.3, 0.4) is 0 Å². The summed E-state index contributed by atoms with van der Waals surface area (Å²) in [5.41, 5.74) is 1.24. The van der Waals surface area contributed by atoms with Gasteiger partial charge < -0.3 is 10.0 Å². The Labute approximate surface area is 157 Å². The van der Waals surface area contributed by atoms with E-state index in [2.05, 4.69) is 4.90 Å². The topological polar surface area (TPSA) is 23.5 Å². The highest BCUT2D eigenvalue weighted by molar-refractivity contribution is 5.16. The first-order valence-electron chi connectivity index (χ1n) is 10.8.